The maximum atomic E-state index is 13.3. The van der Waals surface area contributed by atoms with Crippen molar-refractivity contribution in [3.05, 3.63) is 94.8 Å². The van der Waals surface area contributed by atoms with E-state index in [-0.39, 0.29) is 17.7 Å². The minimum atomic E-state index is -0.685. The SMILES string of the molecule is COc1ccnc(N)c1-c1ccc(NC(=O)c2cn(CCF)cc(-c3ccc(F)cc3)c2=O)cc1. The number of methoxy groups -OCH3 is 1. The topological polar surface area (TPSA) is 99.2 Å². The van der Waals surface area contributed by atoms with Gasteiger partial charge >= 0.3 is 0 Å². The standard InChI is InChI=1S/C26H22F2N4O3/c1-35-22-10-12-30-25(29)23(22)17-4-8-19(9-5-17)31-26(34)21-15-32(13-11-27)14-20(24(21)33)16-2-6-18(28)7-3-16/h2-10,12,14-15H,11,13H2,1H3,(H2,29,30)(H,31,34). The van der Waals surface area contributed by atoms with Gasteiger partial charge in [0, 0.05) is 29.8 Å². The maximum Gasteiger partial charge on any atom is 0.261 e. The third-order valence-electron chi connectivity index (χ3n) is 5.42. The zero-order chi connectivity index (χ0) is 24.9. The highest BCUT2D eigenvalue weighted by Gasteiger charge is 2.17. The van der Waals surface area contributed by atoms with Gasteiger partial charge in [0.15, 0.2) is 0 Å². The Balaban J connectivity index is 1.65. The van der Waals surface area contributed by atoms with E-state index in [4.69, 9.17) is 10.5 Å². The smallest absolute Gasteiger partial charge is 0.261 e. The van der Waals surface area contributed by atoms with Crippen molar-refractivity contribution in [2.45, 2.75) is 6.54 Å². The van der Waals surface area contributed by atoms with Crippen LogP contribution in [0.3, 0.4) is 0 Å². The van der Waals surface area contributed by atoms with E-state index in [9.17, 15) is 18.4 Å². The summed E-state index contributed by atoms with van der Waals surface area (Å²) in [6.45, 7) is -0.729. The number of nitrogens with zero attached hydrogens (tertiary/aromatic N) is 2. The Hall–Kier alpha value is -4.53. The van der Waals surface area contributed by atoms with Gasteiger partial charge in [-0.1, -0.05) is 24.3 Å². The van der Waals surface area contributed by atoms with Gasteiger partial charge in [-0.2, -0.15) is 0 Å². The molecule has 0 saturated heterocycles. The van der Waals surface area contributed by atoms with Gasteiger partial charge in [-0.15, -0.1) is 0 Å². The summed E-state index contributed by atoms with van der Waals surface area (Å²) in [6, 6.07) is 13.8. The molecular formula is C26H22F2N4O3. The molecule has 0 radical (unpaired) electrons. The summed E-state index contributed by atoms with van der Waals surface area (Å²) in [5.41, 5.74) is 7.67. The van der Waals surface area contributed by atoms with Crippen LogP contribution in [-0.2, 0) is 6.54 Å². The van der Waals surface area contributed by atoms with Crippen molar-refractivity contribution < 1.29 is 18.3 Å². The normalized spacial score (nSPS) is 10.7. The first-order valence-electron chi connectivity index (χ1n) is 10.7. The number of hydrogen-bond donors (Lipinski definition) is 2. The summed E-state index contributed by atoms with van der Waals surface area (Å²) in [5.74, 6) is -0.258. The van der Waals surface area contributed by atoms with Gasteiger partial charge < -0.3 is 20.4 Å². The molecule has 2 aromatic heterocycles. The Morgan fingerprint density at radius 3 is 2.40 bits per heavy atom. The van der Waals surface area contributed by atoms with E-state index in [1.807, 2.05) is 0 Å². The van der Waals surface area contributed by atoms with Gasteiger partial charge in [0.1, 0.15) is 29.6 Å². The van der Waals surface area contributed by atoms with E-state index in [0.717, 1.165) is 5.56 Å². The number of aryl methyl sites for hydroxylation is 1. The highest BCUT2D eigenvalue weighted by atomic mass is 19.1. The molecule has 0 aliphatic rings. The molecule has 4 rings (SSSR count). The molecule has 0 bridgehead atoms. The number of rotatable bonds is 7. The monoisotopic (exact) mass is 476 g/mol. The lowest BCUT2D eigenvalue weighted by Crippen LogP contribution is -2.24. The molecule has 3 N–H and O–H groups in total. The number of halogens is 2. The molecule has 1 amide bonds. The number of ether oxygens (including phenoxy) is 1. The molecule has 0 spiro atoms. The largest absolute Gasteiger partial charge is 0.496 e. The van der Waals surface area contributed by atoms with E-state index in [2.05, 4.69) is 10.3 Å². The molecule has 35 heavy (non-hydrogen) atoms. The van der Waals surface area contributed by atoms with E-state index in [1.165, 1.54) is 48.3 Å². The number of pyridine rings is 2. The van der Waals surface area contributed by atoms with Crippen LogP contribution in [0, 0.1) is 5.82 Å². The third kappa shape index (κ3) is 5.03. The van der Waals surface area contributed by atoms with Gasteiger partial charge in [0.2, 0.25) is 5.43 Å². The van der Waals surface area contributed by atoms with Crippen LogP contribution in [0.15, 0.2) is 78.0 Å². The summed E-state index contributed by atoms with van der Waals surface area (Å²) < 4.78 is 33.2. The minimum Gasteiger partial charge on any atom is -0.496 e. The van der Waals surface area contributed by atoms with Crippen LogP contribution in [0.5, 0.6) is 5.75 Å². The molecule has 0 unspecified atom stereocenters. The molecule has 0 fully saturated rings. The van der Waals surface area contributed by atoms with Gasteiger partial charge in [0.25, 0.3) is 5.91 Å². The molecule has 0 aliphatic heterocycles. The Labute approximate surface area is 199 Å². The maximum absolute atomic E-state index is 13.3. The molecule has 0 aliphatic carbocycles. The number of hydrogen-bond acceptors (Lipinski definition) is 5. The zero-order valence-corrected chi connectivity index (χ0v) is 18.8. The Kier molecular flexibility index (Phi) is 6.86. The fourth-order valence-electron chi connectivity index (χ4n) is 3.69. The number of anilines is 2. The molecule has 4 aromatic rings. The number of aromatic nitrogens is 2. The molecule has 2 heterocycles. The number of nitrogen functional groups attached to an aromatic ring is 1. The molecule has 178 valence electrons. The number of carbonyl (C=O) groups excluding carboxylic acids is 1. The zero-order valence-electron chi connectivity index (χ0n) is 18.8. The molecular weight excluding hydrogens is 454 g/mol. The summed E-state index contributed by atoms with van der Waals surface area (Å²) in [5, 5.41) is 2.69. The van der Waals surface area contributed by atoms with E-state index < -0.39 is 23.8 Å². The Bertz CT molecular complexity index is 1420. The fraction of sp³-hybridized carbons (Fsp3) is 0.115. The van der Waals surface area contributed by atoms with Crippen molar-refractivity contribution in [2.24, 2.45) is 0 Å². The number of benzene rings is 2. The second-order valence-corrected chi connectivity index (χ2v) is 7.65. The quantitative estimate of drug-likeness (QED) is 0.408. The van der Waals surface area contributed by atoms with Crippen molar-refractivity contribution in [3.8, 4) is 28.0 Å². The summed E-state index contributed by atoms with van der Waals surface area (Å²) in [4.78, 5) is 30.2. The predicted octanol–water partition coefficient (Wildman–Crippen LogP) is 4.53. The first kappa shape index (κ1) is 23.6. The van der Waals surface area contributed by atoms with Crippen LogP contribution in [0.25, 0.3) is 22.3 Å². The lowest BCUT2D eigenvalue weighted by atomic mass is 10.0. The fourth-order valence-corrected chi connectivity index (χ4v) is 3.69. The number of amides is 1. The average Bonchev–Trinajstić information content (AvgIpc) is 2.86. The Morgan fingerprint density at radius 2 is 1.74 bits per heavy atom. The van der Waals surface area contributed by atoms with Crippen LogP contribution in [0.2, 0.25) is 0 Å². The number of alkyl halides is 1. The van der Waals surface area contributed by atoms with Crippen molar-refractivity contribution in [1.82, 2.24) is 9.55 Å². The lowest BCUT2D eigenvalue weighted by Gasteiger charge is -2.13. The highest BCUT2D eigenvalue weighted by molar-refractivity contribution is 6.04. The van der Waals surface area contributed by atoms with Gasteiger partial charge in [-0.05, 0) is 41.5 Å². The van der Waals surface area contributed by atoms with Crippen LogP contribution in [0.1, 0.15) is 10.4 Å². The number of carbonyl (C=O) groups is 1. The average molecular weight is 476 g/mol. The molecule has 9 heteroatoms. The van der Waals surface area contributed by atoms with Crippen molar-refractivity contribution in [3.63, 3.8) is 0 Å². The van der Waals surface area contributed by atoms with Gasteiger partial charge in [-0.3, -0.25) is 9.59 Å². The van der Waals surface area contributed by atoms with Crippen LogP contribution < -0.4 is 21.2 Å². The summed E-state index contributed by atoms with van der Waals surface area (Å²) in [6.07, 6.45) is 4.30. The van der Waals surface area contributed by atoms with Gasteiger partial charge in [0.05, 0.1) is 19.2 Å². The summed E-state index contributed by atoms with van der Waals surface area (Å²) >= 11 is 0. The van der Waals surface area contributed by atoms with Crippen molar-refractivity contribution >= 4 is 17.4 Å². The first-order chi connectivity index (χ1) is 16.9. The van der Waals surface area contributed by atoms with Gasteiger partial charge in [-0.25, -0.2) is 13.8 Å². The van der Waals surface area contributed by atoms with Crippen molar-refractivity contribution in [2.75, 3.05) is 24.8 Å². The molecule has 0 saturated carbocycles. The van der Waals surface area contributed by atoms with Crippen molar-refractivity contribution in [1.29, 1.82) is 0 Å². The van der Waals surface area contributed by atoms with Crippen LogP contribution in [-0.4, -0.2) is 29.2 Å². The molecule has 2 aromatic carbocycles. The van der Waals surface area contributed by atoms with E-state index >= 15 is 0 Å². The molecule has 7 nitrogen and oxygen atoms in total. The molecule has 0 atom stereocenters. The number of nitrogens with one attached hydrogen (secondary N) is 1. The first-order valence-corrected chi connectivity index (χ1v) is 10.7. The third-order valence-corrected chi connectivity index (χ3v) is 5.42. The number of nitrogens with two attached hydrogens (primary N) is 1. The second-order valence-electron chi connectivity index (χ2n) is 7.65. The lowest BCUT2D eigenvalue weighted by molar-refractivity contribution is 0.102. The highest BCUT2D eigenvalue weighted by Crippen LogP contribution is 2.34. The Morgan fingerprint density at radius 1 is 1.06 bits per heavy atom. The summed E-state index contributed by atoms with van der Waals surface area (Å²) in [7, 11) is 1.53. The second kappa shape index (κ2) is 10.2. The van der Waals surface area contributed by atoms with E-state index in [1.54, 1.807) is 36.5 Å². The van der Waals surface area contributed by atoms with Crippen LogP contribution >= 0.6 is 0 Å². The van der Waals surface area contributed by atoms with Crippen LogP contribution in [0.4, 0.5) is 20.3 Å². The predicted molar refractivity (Wildman–Crippen MR) is 131 cm³/mol. The van der Waals surface area contributed by atoms with E-state index in [0.29, 0.717) is 28.4 Å². The minimum absolute atomic E-state index is 0.0438.